The number of pyridine rings is 1. The molecule has 0 saturated heterocycles. The van der Waals surface area contributed by atoms with Gasteiger partial charge >= 0.3 is 0 Å². The van der Waals surface area contributed by atoms with Crippen LogP contribution in [0.2, 0.25) is 0 Å². The van der Waals surface area contributed by atoms with Gasteiger partial charge in [-0.1, -0.05) is 24.3 Å². The lowest BCUT2D eigenvalue weighted by Gasteiger charge is -1.93. The molecule has 6 nitrogen and oxygen atoms in total. The van der Waals surface area contributed by atoms with Crippen molar-refractivity contribution < 1.29 is 9.50 Å². The smallest absolute Gasteiger partial charge is 0.286 e. The molecule has 0 aliphatic rings. The van der Waals surface area contributed by atoms with Crippen molar-refractivity contribution in [3.63, 3.8) is 0 Å². The van der Waals surface area contributed by atoms with Gasteiger partial charge in [-0.25, -0.2) is 8.97 Å². The molecular formula is C18H20N6+2. The number of hydrogen-bond donors (Lipinski definition) is 3. The van der Waals surface area contributed by atoms with Gasteiger partial charge in [-0.2, -0.15) is 0 Å². The van der Waals surface area contributed by atoms with Crippen molar-refractivity contribution in [2.75, 3.05) is 0 Å². The Bertz CT molecular complexity index is 928. The van der Waals surface area contributed by atoms with Crippen LogP contribution in [0.3, 0.4) is 0 Å². The number of benzene rings is 1. The summed E-state index contributed by atoms with van der Waals surface area (Å²) in [7, 11) is 2.06. The first kappa shape index (κ1) is 15.5. The molecule has 0 spiro atoms. The molecule has 120 valence electrons. The van der Waals surface area contributed by atoms with Gasteiger partial charge in [0.15, 0.2) is 5.69 Å². The molecule has 0 radical (unpaired) electrons. The number of fused-ring (bicyclic) bond motifs is 1. The summed E-state index contributed by atoms with van der Waals surface area (Å²) < 4.78 is 4.25. The lowest BCUT2D eigenvalue weighted by Crippen LogP contribution is -2.63. The number of hydrogen-bond acceptors (Lipinski definition) is 1. The van der Waals surface area contributed by atoms with Gasteiger partial charge < -0.3 is 11.5 Å². The van der Waals surface area contributed by atoms with E-state index in [0.29, 0.717) is 0 Å². The van der Waals surface area contributed by atoms with E-state index in [4.69, 9.17) is 11.5 Å². The van der Waals surface area contributed by atoms with E-state index in [1.54, 1.807) is 6.21 Å². The summed E-state index contributed by atoms with van der Waals surface area (Å²) in [6, 6.07) is 14.2. The summed E-state index contributed by atoms with van der Waals surface area (Å²) in [6.45, 7) is 0. The molecule has 3 aromatic rings. The first-order valence-electron chi connectivity index (χ1n) is 7.55. The highest BCUT2D eigenvalue weighted by molar-refractivity contribution is 5.78. The molecule has 0 bridgehead atoms. The number of nitrogens with zero attached hydrogens (tertiary/aromatic N) is 3. The summed E-state index contributed by atoms with van der Waals surface area (Å²) in [5.74, 6) is -0.00127. The molecule has 3 rings (SSSR count). The van der Waals surface area contributed by atoms with Crippen molar-refractivity contribution in [3.05, 3.63) is 71.7 Å². The van der Waals surface area contributed by atoms with Crippen molar-refractivity contribution in [2.45, 2.75) is 0 Å². The molecule has 0 amide bonds. The van der Waals surface area contributed by atoms with Crippen molar-refractivity contribution in [3.8, 4) is 0 Å². The van der Waals surface area contributed by atoms with Gasteiger partial charge in [-0.3, -0.25) is 0 Å². The van der Waals surface area contributed by atoms with E-state index in [1.807, 2.05) is 42.6 Å². The summed E-state index contributed by atoms with van der Waals surface area (Å²) >= 11 is 0. The van der Waals surface area contributed by atoms with Gasteiger partial charge in [0, 0.05) is 16.7 Å². The van der Waals surface area contributed by atoms with Crippen LogP contribution in [0.15, 0.2) is 60.0 Å². The zero-order chi connectivity index (χ0) is 16.9. The van der Waals surface area contributed by atoms with E-state index < -0.39 is 0 Å². The molecule has 0 unspecified atom stereocenters. The third-order valence-corrected chi connectivity index (χ3v) is 3.68. The number of nitrogens with one attached hydrogen (secondary N) is 1. The Morgan fingerprint density at radius 3 is 2.54 bits per heavy atom. The SMILES string of the molecule is Cn1c(/C=C/c2ccc(/C=[NH+]\N=C(N)N)cc2)c[n+]2ccccc12. The number of nitrogens with two attached hydrogens (primary N) is 2. The van der Waals surface area contributed by atoms with Gasteiger partial charge in [0.05, 0.1) is 13.2 Å². The molecule has 1 aromatic carbocycles. The molecule has 6 heteroatoms. The second-order valence-electron chi connectivity index (χ2n) is 5.39. The Morgan fingerprint density at radius 2 is 1.83 bits per heavy atom. The van der Waals surface area contributed by atoms with Crippen LogP contribution in [-0.4, -0.2) is 16.7 Å². The van der Waals surface area contributed by atoms with Gasteiger partial charge in [0.25, 0.3) is 11.6 Å². The topological polar surface area (TPSA) is 87.4 Å². The Kier molecular flexibility index (Phi) is 4.38. The fraction of sp³-hybridized carbons (Fsp3) is 0.0556. The zero-order valence-electron chi connectivity index (χ0n) is 13.4. The first-order chi connectivity index (χ1) is 11.6. The second kappa shape index (κ2) is 6.78. The molecule has 0 fully saturated rings. The number of guanidine groups is 1. The maximum atomic E-state index is 5.25. The number of imidazole rings is 1. The highest BCUT2D eigenvalue weighted by atomic mass is 15.3. The lowest BCUT2D eigenvalue weighted by atomic mass is 10.1. The Hall–Kier alpha value is -3.41. The third-order valence-electron chi connectivity index (χ3n) is 3.68. The molecule has 0 aliphatic heterocycles. The molecule has 5 N–H and O–H groups in total. The lowest BCUT2D eigenvalue weighted by molar-refractivity contribution is -0.510. The molecule has 0 saturated carbocycles. The van der Waals surface area contributed by atoms with Crippen LogP contribution < -0.4 is 21.0 Å². The monoisotopic (exact) mass is 320 g/mol. The first-order valence-corrected chi connectivity index (χ1v) is 7.55. The summed E-state index contributed by atoms with van der Waals surface area (Å²) in [4.78, 5) is 0. The van der Waals surface area contributed by atoms with E-state index in [1.165, 1.54) is 0 Å². The predicted octanol–water partition coefficient (Wildman–Crippen LogP) is -0.378. The quantitative estimate of drug-likeness (QED) is 0.265. The fourth-order valence-electron chi connectivity index (χ4n) is 2.42. The number of rotatable bonds is 4. The highest BCUT2D eigenvalue weighted by Crippen LogP contribution is 2.10. The van der Waals surface area contributed by atoms with E-state index >= 15 is 0 Å². The van der Waals surface area contributed by atoms with Gasteiger partial charge in [-0.15, -0.1) is 5.10 Å². The maximum Gasteiger partial charge on any atom is 0.286 e. The normalized spacial score (nSPS) is 11.5. The molecule has 24 heavy (non-hydrogen) atoms. The van der Waals surface area contributed by atoms with Crippen LogP contribution in [0.25, 0.3) is 17.8 Å². The van der Waals surface area contributed by atoms with Crippen molar-refractivity contribution in [1.29, 1.82) is 0 Å². The average Bonchev–Trinajstić information content (AvgIpc) is 2.90. The summed E-state index contributed by atoms with van der Waals surface area (Å²) in [6.07, 6.45) is 10.1. The predicted molar refractivity (Wildman–Crippen MR) is 95.9 cm³/mol. The zero-order valence-corrected chi connectivity index (χ0v) is 13.4. The van der Waals surface area contributed by atoms with Crippen LogP contribution in [-0.2, 0) is 7.05 Å². The number of hydrazone groups is 1. The van der Waals surface area contributed by atoms with Crippen LogP contribution in [0.5, 0.6) is 0 Å². The average molecular weight is 320 g/mol. The van der Waals surface area contributed by atoms with E-state index in [0.717, 1.165) is 22.5 Å². The maximum absolute atomic E-state index is 5.25. The second-order valence-corrected chi connectivity index (χ2v) is 5.39. The van der Waals surface area contributed by atoms with Gasteiger partial charge in [0.1, 0.15) is 6.20 Å². The van der Waals surface area contributed by atoms with Crippen LogP contribution >= 0.6 is 0 Å². The largest absolute Gasteiger partial charge is 0.365 e. The van der Waals surface area contributed by atoms with E-state index in [9.17, 15) is 0 Å². The van der Waals surface area contributed by atoms with Gasteiger partial charge in [0.2, 0.25) is 6.21 Å². The Balaban J connectivity index is 1.77. The highest BCUT2D eigenvalue weighted by Gasteiger charge is 2.10. The summed E-state index contributed by atoms with van der Waals surface area (Å²) in [5.41, 5.74) is 14.9. The minimum atomic E-state index is -0.00127. The number of aryl methyl sites for hydroxylation is 1. The minimum Gasteiger partial charge on any atom is -0.365 e. The molecule has 0 atom stereocenters. The van der Waals surface area contributed by atoms with E-state index in [2.05, 4.69) is 50.6 Å². The fourth-order valence-corrected chi connectivity index (χ4v) is 2.42. The third kappa shape index (κ3) is 3.49. The number of aromatic nitrogens is 2. The summed E-state index contributed by atoms with van der Waals surface area (Å²) in [5, 5.41) is 6.39. The van der Waals surface area contributed by atoms with Crippen molar-refractivity contribution >= 4 is 30.0 Å². The van der Waals surface area contributed by atoms with Crippen LogP contribution in [0, 0.1) is 0 Å². The minimum absolute atomic E-state index is 0.00127. The standard InChI is InChI=1S/C18H19N6/c1-23-16(13-24-11-3-2-4-17(23)24)10-9-14-5-7-15(8-6-14)12-21-22-18(19)20/h2-13H,1H3,(H4,19,20,22)/q+1/p+1/b10-9+,21-12-. The van der Waals surface area contributed by atoms with Crippen LogP contribution in [0.4, 0.5) is 0 Å². The van der Waals surface area contributed by atoms with Gasteiger partial charge in [-0.05, 0) is 29.8 Å². The van der Waals surface area contributed by atoms with Crippen molar-refractivity contribution in [2.24, 2.45) is 23.6 Å². The van der Waals surface area contributed by atoms with Crippen molar-refractivity contribution in [1.82, 2.24) is 4.57 Å². The molecule has 0 aliphatic carbocycles. The molecule has 2 heterocycles. The molecule has 2 aromatic heterocycles. The van der Waals surface area contributed by atoms with E-state index in [-0.39, 0.29) is 5.96 Å². The van der Waals surface area contributed by atoms with Crippen LogP contribution in [0.1, 0.15) is 16.8 Å². The molecular weight excluding hydrogens is 300 g/mol. The Morgan fingerprint density at radius 1 is 1.08 bits per heavy atom. The Labute approximate surface area is 140 Å².